The Hall–Kier alpha value is -1.02. The molecule has 0 heterocycles. The first kappa shape index (κ1) is 10.5. The van der Waals surface area contributed by atoms with Gasteiger partial charge in [-0.2, -0.15) is 0 Å². The van der Waals surface area contributed by atoms with Crippen LogP contribution in [0.25, 0.3) is 0 Å². The van der Waals surface area contributed by atoms with Crippen molar-refractivity contribution in [3.05, 3.63) is 28.8 Å². The lowest BCUT2D eigenvalue weighted by Gasteiger charge is -2.07. The summed E-state index contributed by atoms with van der Waals surface area (Å²) in [5.74, 6) is 1.03. The lowest BCUT2D eigenvalue weighted by Crippen LogP contribution is -2.12. The van der Waals surface area contributed by atoms with Crippen LogP contribution in [0.3, 0.4) is 0 Å². The zero-order valence-electron chi connectivity index (χ0n) is 8.63. The first-order valence-electron chi connectivity index (χ1n) is 5.08. The van der Waals surface area contributed by atoms with E-state index in [2.05, 4.69) is 0 Å². The van der Waals surface area contributed by atoms with Gasteiger partial charge in [-0.05, 0) is 37.5 Å². The maximum absolute atomic E-state index is 11.4. The second kappa shape index (κ2) is 4.23. The molecule has 1 aliphatic rings. The average molecular weight is 225 g/mol. The maximum Gasteiger partial charge on any atom is 0.173 e. The van der Waals surface area contributed by atoms with Gasteiger partial charge in [0.15, 0.2) is 5.78 Å². The number of ketones is 1. The first-order chi connectivity index (χ1) is 7.16. The van der Waals surface area contributed by atoms with E-state index in [1.54, 1.807) is 6.07 Å². The predicted molar refractivity (Wildman–Crippen MR) is 59.4 cm³/mol. The molecular formula is C12H13ClO2. The SMILES string of the molecule is Cc1ccc(Cl)c(OCC(=O)C2CC2)c1. The number of carbonyl (C=O) groups is 1. The molecule has 1 saturated carbocycles. The Kier molecular flexibility index (Phi) is 2.96. The molecule has 0 amide bonds. The van der Waals surface area contributed by atoms with Gasteiger partial charge in [-0.15, -0.1) is 0 Å². The second-order valence-corrected chi connectivity index (χ2v) is 4.37. The topological polar surface area (TPSA) is 26.3 Å². The molecule has 0 unspecified atom stereocenters. The summed E-state index contributed by atoms with van der Waals surface area (Å²) in [5, 5.41) is 0.559. The van der Waals surface area contributed by atoms with Crippen LogP contribution >= 0.6 is 11.6 Å². The fourth-order valence-corrected chi connectivity index (χ4v) is 1.57. The molecule has 15 heavy (non-hydrogen) atoms. The van der Waals surface area contributed by atoms with Gasteiger partial charge in [-0.3, -0.25) is 4.79 Å². The average Bonchev–Trinajstić information content (AvgIpc) is 3.02. The van der Waals surface area contributed by atoms with E-state index < -0.39 is 0 Å². The van der Waals surface area contributed by atoms with Crippen LogP contribution in [0.15, 0.2) is 18.2 Å². The molecule has 80 valence electrons. The van der Waals surface area contributed by atoms with Crippen molar-refractivity contribution in [3.63, 3.8) is 0 Å². The van der Waals surface area contributed by atoms with Gasteiger partial charge in [0.25, 0.3) is 0 Å². The van der Waals surface area contributed by atoms with E-state index in [4.69, 9.17) is 16.3 Å². The molecule has 0 aromatic heterocycles. The summed E-state index contributed by atoms with van der Waals surface area (Å²) in [7, 11) is 0. The van der Waals surface area contributed by atoms with Crippen molar-refractivity contribution >= 4 is 17.4 Å². The number of benzene rings is 1. The van der Waals surface area contributed by atoms with Crippen molar-refractivity contribution in [1.82, 2.24) is 0 Å². The highest BCUT2D eigenvalue weighted by Gasteiger charge is 2.29. The molecule has 3 heteroatoms. The third-order valence-corrected chi connectivity index (χ3v) is 2.80. The molecule has 1 aromatic carbocycles. The van der Waals surface area contributed by atoms with Gasteiger partial charge in [0, 0.05) is 5.92 Å². The van der Waals surface area contributed by atoms with Gasteiger partial charge in [0.1, 0.15) is 12.4 Å². The van der Waals surface area contributed by atoms with E-state index in [1.165, 1.54) is 0 Å². The van der Waals surface area contributed by atoms with Gasteiger partial charge in [-0.1, -0.05) is 17.7 Å². The van der Waals surface area contributed by atoms with Crippen LogP contribution in [0.5, 0.6) is 5.75 Å². The summed E-state index contributed by atoms with van der Waals surface area (Å²) >= 11 is 5.94. The minimum absolute atomic E-state index is 0.147. The number of ether oxygens (including phenoxy) is 1. The van der Waals surface area contributed by atoms with E-state index in [9.17, 15) is 4.79 Å². The number of hydrogen-bond donors (Lipinski definition) is 0. The van der Waals surface area contributed by atoms with E-state index in [0.717, 1.165) is 18.4 Å². The summed E-state index contributed by atoms with van der Waals surface area (Å²) in [4.78, 5) is 11.4. The predicted octanol–water partition coefficient (Wildman–Crippen LogP) is 3.01. The Labute approximate surface area is 94.2 Å². The number of aryl methyl sites for hydroxylation is 1. The molecule has 0 atom stereocenters. The van der Waals surface area contributed by atoms with E-state index in [0.29, 0.717) is 10.8 Å². The molecular weight excluding hydrogens is 212 g/mol. The summed E-state index contributed by atoms with van der Waals surface area (Å²) in [6, 6.07) is 5.55. The van der Waals surface area contributed by atoms with Crippen molar-refractivity contribution in [3.8, 4) is 5.75 Å². The monoisotopic (exact) mass is 224 g/mol. The number of carbonyl (C=O) groups excluding carboxylic acids is 1. The Bertz CT molecular complexity index is 383. The van der Waals surface area contributed by atoms with Crippen LogP contribution < -0.4 is 4.74 Å². The van der Waals surface area contributed by atoms with Crippen LogP contribution in [-0.2, 0) is 4.79 Å². The third kappa shape index (κ3) is 2.72. The fourth-order valence-electron chi connectivity index (χ4n) is 1.39. The lowest BCUT2D eigenvalue weighted by molar-refractivity contribution is -0.122. The molecule has 1 aromatic rings. The van der Waals surface area contributed by atoms with Gasteiger partial charge in [-0.25, -0.2) is 0 Å². The summed E-state index contributed by atoms with van der Waals surface area (Å²) in [6.07, 6.45) is 2.04. The van der Waals surface area contributed by atoms with Gasteiger partial charge in [0.2, 0.25) is 0 Å². The maximum atomic E-state index is 11.4. The fraction of sp³-hybridized carbons (Fsp3) is 0.417. The van der Waals surface area contributed by atoms with Crippen LogP contribution in [0, 0.1) is 12.8 Å². The highest BCUT2D eigenvalue weighted by Crippen LogP contribution is 2.31. The second-order valence-electron chi connectivity index (χ2n) is 3.96. The van der Waals surface area contributed by atoms with Crippen LogP contribution in [0.4, 0.5) is 0 Å². The van der Waals surface area contributed by atoms with Crippen molar-refractivity contribution in [2.24, 2.45) is 5.92 Å². The Balaban J connectivity index is 1.97. The standard InChI is InChI=1S/C12H13ClO2/c1-8-2-5-10(13)12(6-8)15-7-11(14)9-3-4-9/h2,5-6,9H,3-4,7H2,1H3. The molecule has 2 rings (SSSR count). The Morgan fingerprint density at radius 2 is 2.27 bits per heavy atom. The zero-order valence-corrected chi connectivity index (χ0v) is 9.38. The number of hydrogen-bond acceptors (Lipinski definition) is 2. The Morgan fingerprint density at radius 1 is 1.53 bits per heavy atom. The summed E-state index contributed by atoms with van der Waals surface area (Å²) < 4.78 is 5.40. The lowest BCUT2D eigenvalue weighted by atomic mass is 10.2. The molecule has 0 bridgehead atoms. The molecule has 0 radical (unpaired) electrons. The van der Waals surface area contributed by atoms with Crippen molar-refractivity contribution in [2.45, 2.75) is 19.8 Å². The highest BCUT2D eigenvalue weighted by molar-refractivity contribution is 6.32. The van der Waals surface area contributed by atoms with E-state index in [1.807, 2.05) is 19.1 Å². The van der Waals surface area contributed by atoms with Crippen LogP contribution in [0.1, 0.15) is 18.4 Å². The highest BCUT2D eigenvalue weighted by atomic mass is 35.5. The summed E-state index contributed by atoms with van der Waals surface area (Å²) in [5.41, 5.74) is 1.08. The van der Waals surface area contributed by atoms with Gasteiger partial charge in [0.05, 0.1) is 5.02 Å². The molecule has 2 nitrogen and oxygen atoms in total. The van der Waals surface area contributed by atoms with Crippen molar-refractivity contribution < 1.29 is 9.53 Å². The largest absolute Gasteiger partial charge is 0.484 e. The molecule has 1 fully saturated rings. The molecule has 0 N–H and O–H groups in total. The van der Waals surface area contributed by atoms with E-state index in [-0.39, 0.29) is 18.3 Å². The molecule has 1 aliphatic carbocycles. The number of rotatable bonds is 4. The smallest absolute Gasteiger partial charge is 0.173 e. The van der Waals surface area contributed by atoms with Crippen molar-refractivity contribution in [1.29, 1.82) is 0 Å². The molecule has 0 aliphatic heterocycles. The van der Waals surface area contributed by atoms with Crippen LogP contribution in [-0.4, -0.2) is 12.4 Å². The quantitative estimate of drug-likeness (QED) is 0.786. The van der Waals surface area contributed by atoms with Gasteiger partial charge < -0.3 is 4.74 Å². The molecule has 0 spiro atoms. The summed E-state index contributed by atoms with van der Waals surface area (Å²) in [6.45, 7) is 2.11. The van der Waals surface area contributed by atoms with Crippen molar-refractivity contribution in [2.75, 3.05) is 6.61 Å². The normalized spacial score (nSPS) is 15.1. The van der Waals surface area contributed by atoms with Gasteiger partial charge >= 0.3 is 0 Å². The number of halogens is 1. The first-order valence-corrected chi connectivity index (χ1v) is 5.46. The third-order valence-electron chi connectivity index (χ3n) is 2.49. The van der Waals surface area contributed by atoms with Crippen LogP contribution in [0.2, 0.25) is 5.02 Å². The minimum Gasteiger partial charge on any atom is -0.484 e. The number of Topliss-reactive ketones (excluding diaryl/α,β-unsaturated/α-hetero) is 1. The minimum atomic E-state index is 0.147. The zero-order chi connectivity index (χ0) is 10.8. The molecule has 0 saturated heterocycles. The Morgan fingerprint density at radius 3 is 2.93 bits per heavy atom. The van der Waals surface area contributed by atoms with E-state index >= 15 is 0 Å².